The Balaban J connectivity index is 1.84. The van der Waals surface area contributed by atoms with Crippen LogP contribution in [0, 0.1) is 11.8 Å². The average molecular weight is 464 g/mol. The number of hydrogen-bond donors (Lipinski definition) is 6. The first-order valence-corrected chi connectivity index (χ1v) is 10.6. The zero-order valence-electron chi connectivity index (χ0n) is 16.3. The smallest absolute Gasteiger partial charge is 0.367 e. The molecule has 13 heteroatoms. The molecule has 9 atom stereocenters. The maximum Gasteiger partial charge on any atom is 0.367 e. The first-order valence-electron chi connectivity index (χ1n) is 9.33. The first kappa shape index (κ1) is 23.9. The number of aliphatic carboxylic acids is 1. The van der Waals surface area contributed by atoms with Crippen molar-refractivity contribution in [1.29, 1.82) is 0 Å². The van der Waals surface area contributed by atoms with Crippen LogP contribution >= 0.6 is 11.8 Å². The predicted molar refractivity (Wildman–Crippen MR) is 101 cm³/mol. The van der Waals surface area contributed by atoms with Crippen LogP contribution in [0.2, 0.25) is 0 Å². The van der Waals surface area contributed by atoms with Gasteiger partial charge in [-0.1, -0.05) is 6.08 Å². The normalized spacial score (nSPS) is 39.7. The fraction of sp³-hybridized carbons (Fsp3) is 0.667. The Morgan fingerprint density at radius 1 is 1.10 bits per heavy atom. The van der Waals surface area contributed by atoms with E-state index in [0.717, 1.165) is 18.0 Å². The van der Waals surface area contributed by atoms with Crippen molar-refractivity contribution in [3.63, 3.8) is 0 Å². The molecule has 0 saturated carbocycles. The zero-order chi connectivity index (χ0) is 22.9. The molecule has 1 saturated heterocycles. The summed E-state index contributed by atoms with van der Waals surface area (Å²) in [6.45, 7) is -0.928. The highest BCUT2D eigenvalue weighted by Gasteiger charge is 2.52. The highest BCUT2D eigenvalue weighted by atomic mass is 32.2. The number of hydrogen-bond acceptors (Lipinski definition) is 12. The number of carboxylic acids is 1. The molecule has 0 bridgehead atoms. The summed E-state index contributed by atoms with van der Waals surface area (Å²) in [5.41, 5.74) is 0.106. The fourth-order valence-corrected chi connectivity index (χ4v) is 4.05. The Labute approximate surface area is 180 Å². The molecule has 3 rings (SSSR count). The Morgan fingerprint density at radius 2 is 1.81 bits per heavy atom. The molecule has 1 aliphatic carbocycles. The maximum absolute atomic E-state index is 11.6. The molecule has 1 fully saturated rings. The van der Waals surface area contributed by atoms with Crippen LogP contribution in [-0.2, 0) is 23.7 Å². The van der Waals surface area contributed by atoms with Crippen LogP contribution in [0.1, 0.15) is 0 Å². The molecule has 12 nitrogen and oxygen atoms in total. The van der Waals surface area contributed by atoms with E-state index < -0.39 is 72.8 Å². The van der Waals surface area contributed by atoms with Gasteiger partial charge in [-0.2, -0.15) is 0 Å². The van der Waals surface area contributed by atoms with Crippen molar-refractivity contribution in [2.24, 2.45) is 11.8 Å². The van der Waals surface area contributed by atoms with Gasteiger partial charge >= 0.3 is 11.3 Å². The molecular weight excluding hydrogens is 440 g/mol. The lowest BCUT2D eigenvalue weighted by Gasteiger charge is -2.43. The summed E-state index contributed by atoms with van der Waals surface area (Å²) in [4.78, 5) is 23.1. The van der Waals surface area contributed by atoms with Crippen LogP contribution in [0.3, 0.4) is 0 Å². The van der Waals surface area contributed by atoms with E-state index in [2.05, 4.69) is 0 Å². The van der Waals surface area contributed by atoms with Crippen LogP contribution in [-0.4, -0.2) is 104 Å². The molecule has 0 radical (unpaired) electrons. The zero-order valence-corrected chi connectivity index (χ0v) is 17.1. The number of rotatable bonds is 6. The fourth-order valence-electron chi connectivity index (χ4n) is 3.87. The molecule has 6 N–H and O–H groups in total. The van der Waals surface area contributed by atoms with E-state index in [9.17, 15) is 40.2 Å². The average Bonchev–Trinajstić information content (AvgIpc) is 3.09. The summed E-state index contributed by atoms with van der Waals surface area (Å²) >= 11 is 0.829. The van der Waals surface area contributed by atoms with Crippen LogP contribution in [0.25, 0.3) is 0 Å². The summed E-state index contributed by atoms with van der Waals surface area (Å²) < 4.78 is 21.4. The molecule has 31 heavy (non-hydrogen) atoms. The van der Waals surface area contributed by atoms with Crippen LogP contribution in [0.4, 0.5) is 4.79 Å². The second kappa shape index (κ2) is 9.83. The molecule has 0 spiro atoms. The van der Waals surface area contributed by atoms with Crippen LogP contribution in [0.15, 0.2) is 23.5 Å². The van der Waals surface area contributed by atoms with Gasteiger partial charge in [0.1, 0.15) is 31.0 Å². The van der Waals surface area contributed by atoms with Crippen molar-refractivity contribution in [1.82, 2.24) is 0 Å². The minimum absolute atomic E-state index is 0.228. The lowest BCUT2D eigenvalue weighted by molar-refractivity contribution is -0.340. The largest absolute Gasteiger partial charge is 0.478 e. The number of aliphatic hydroxyl groups is 5. The van der Waals surface area contributed by atoms with Crippen molar-refractivity contribution in [2.75, 3.05) is 19.5 Å². The molecule has 3 aliphatic rings. The number of carbonyl (C=O) groups excluding carboxylic acids is 1. The van der Waals surface area contributed by atoms with Crippen molar-refractivity contribution in [3.8, 4) is 0 Å². The van der Waals surface area contributed by atoms with Gasteiger partial charge in [0.25, 0.3) is 0 Å². The quantitative estimate of drug-likeness (QED) is 0.190. The van der Waals surface area contributed by atoms with E-state index in [0.29, 0.717) is 5.57 Å². The molecular formula is C18H24O12S. The summed E-state index contributed by atoms with van der Waals surface area (Å²) in [7, 11) is 0. The van der Waals surface area contributed by atoms with Crippen LogP contribution < -0.4 is 0 Å². The standard InChI is InChI=1S/C18H24O12S/c1-31-18(26)28-4-6-2-8(20)11-7(15(24)25)5-27-16(10(6)11)30-17-14(23)13(22)12(21)9(3-19)29-17/h2,5,8-14,16-17,19-23H,3-4H2,1H3,(H,24,25)/t8-,9-,10-,11+,12-,13+,14-,16+,17+/m1/s1. The lowest BCUT2D eigenvalue weighted by atomic mass is 9.82. The van der Waals surface area contributed by atoms with Gasteiger partial charge < -0.3 is 49.6 Å². The van der Waals surface area contributed by atoms with Gasteiger partial charge in [0.2, 0.25) is 6.29 Å². The van der Waals surface area contributed by atoms with Crippen molar-refractivity contribution < 1.29 is 59.2 Å². The molecule has 0 aromatic rings. The minimum Gasteiger partial charge on any atom is -0.478 e. The molecule has 0 amide bonds. The lowest BCUT2D eigenvalue weighted by Crippen LogP contribution is -2.60. The Kier molecular flexibility index (Phi) is 7.59. The summed E-state index contributed by atoms with van der Waals surface area (Å²) in [5.74, 6) is -3.24. The minimum atomic E-state index is -1.71. The molecule has 2 heterocycles. The highest BCUT2D eigenvalue weighted by molar-refractivity contribution is 8.12. The van der Waals surface area contributed by atoms with E-state index in [4.69, 9.17) is 18.9 Å². The second-order valence-corrected chi connectivity index (χ2v) is 7.98. The number of carboxylic acid groups (broad SMARTS) is 1. The third kappa shape index (κ3) is 4.73. The van der Waals surface area contributed by atoms with Gasteiger partial charge in [-0.25, -0.2) is 9.59 Å². The van der Waals surface area contributed by atoms with Gasteiger partial charge in [0.05, 0.1) is 30.5 Å². The van der Waals surface area contributed by atoms with Gasteiger partial charge in [-0.3, -0.25) is 0 Å². The van der Waals surface area contributed by atoms with Gasteiger partial charge in [0, 0.05) is 5.92 Å². The summed E-state index contributed by atoms with van der Waals surface area (Å²) in [5, 5.41) is 58.7. The number of fused-ring (bicyclic) bond motifs is 1. The number of ether oxygens (including phenoxy) is 4. The Hall–Kier alpha value is -1.71. The predicted octanol–water partition coefficient (Wildman–Crippen LogP) is -1.84. The maximum atomic E-state index is 11.6. The number of thioether (sulfide) groups is 1. The van der Waals surface area contributed by atoms with E-state index in [1.807, 2.05) is 0 Å². The van der Waals surface area contributed by atoms with Crippen molar-refractivity contribution in [3.05, 3.63) is 23.5 Å². The third-order valence-electron chi connectivity index (χ3n) is 5.44. The van der Waals surface area contributed by atoms with E-state index in [1.165, 1.54) is 12.3 Å². The topological polar surface area (TPSA) is 192 Å². The first-order chi connectivity index (χ1) is 14.7. The van der Waals surface area contributed by atoms with Gasteiger partial charge in [-0.15, -0.1) is 0 Å². The second-order valence-electron chi connectivity index (χ2n) is 7.24. The van der Waals surface area contributed by atoms with E-state index in [-0.39, 0.29) is 12.2 Å². The molecule has 0 aromatic heterocycles. The summed E-state index contributed by atoms with van der Waals surface area (Å²) in [6.07, 6.45) is -6.52. The highest BCUT2D eigenvalue weighted by Crippen LogP contribution is 2.44. The Bertz CT molecular complexity index is 752. The SMILES string of the molecule is CSC(=O)OCC1=C[C@@H](O)[C@@H]2C(C(=O)O)=CO[C@@H](O[C@@H]3O[C@H](CO)[C@@H](O)[C@H](O)[C@H]3O)[C@H]12. The van der Waals surface area contributed by atoms with E-state index in [1.54, 1.807) is 0 Å². The van der Waals surface area contributed by atoms with Crippen LogP contribution in [0.5, 0.6) is 0 Å². The number of aliphatic hydroxyl groups excluding tert-OH is 5. The van der Waals surface area contributed by atoms with Crippen molar-refractivity contribution in [2.45, 2.75) is 43.1 Å². The van der Waals surface area contributed by atoms with E-state index >= 15 is 0 Å². The number of carbonyl (C=O) groups is 2. The van der Waals surface area contributed by atoms with Crippen molar-refractivity contribution >= 4 is 23.0 Å². The molecule has 174 valence electrons. The Morgan fingerprint density at radius 3 is 2.42 bits per heavy atom. The van der Waals surface area contributed by atoms with Gasteiger partial charge in [0.15, 0.2) is 6.29 Å². The van der Waals surface area contributed by atoms with Gasteiger partial charge in [-0.05, 0) is 23.6 Å². The molecule has 0 aromatic carbocycles. The molecule has 2 aliphatic heterocycles. The third-order valence-corrected chi connectivity index (χ3v) is 5.89. The monoisotopic (exact) mass is 464 g/mol. The molecule has 0 unspecified atom stereocenters. The summed E-state index contributed by atoms with van der Waals surface area (Å²) in [6, 6.07) is 0.